The summed E-state index contributed by atoms with van der Waals surface area (Å²) in [6, 6.07) is 0. The first kappa shape index (κ1) is 55.3. The van der Waals surface area contributed by atoms with Gasteiger partial charge in [-0.3, -0.25) is 14.2 Å². The van der Waals surface area contributed by atoms with E-state index in [0.29, 0.717) is 23.9 Å². The Labute approximate surface area is 350 Å². The summed E-state index contributed by atoms with van der Waals surface area (Å²) in [5.41, 5.74) is 0. The summed E-state index contributed by atoms with van der Waals surface area (Å²) >= 11 is 0. The third kappa shape index (κ3) is 38.3. The summed E-state index contributed by atoms with van der Waals surface area (Å²) in [6.07, 6.45) is 29.8. The van der Waals surface area contributed by atoms with E-state index in [9.17, 15) is 24.2 Å². The Morgan fingerprint density at radius 2 is 1.00 bits per heavy atom. The fourth-order valence-corrected chi connectivity index (χ4v) is 7.46. The summed E-state index contributed by atoms with van der Waals surface area (Å²) in [6.45, 7) is 4.01. The molecule has 0 saturated heterocycles. The van der Waals surface area contributed by atoms with Crippen molar-refractivity contribution < 1.29 is 42.4 Å². The lowest BCUT2D eigenvalue weighted by Crippen LogP contribution is -2.43. The van der Waals surface area contributed by atoms with E-state index in [1.165, 1.54) is 103 Å². The number of esters is 1. The van der Waals surface area contributed by atoms with Gasteiger partial charge in [0.25, 0.3) is 7.82 Å². The molecule has 0 aromatic carbocycles. The number of unbranched alkanes of at least 4 members (excludes halogenated alkanes) is 26. The van der Waals surface area contributed by atoms with Crippen molar-refractivity contribution in [3.05, 3.63) is 0 Å². The van der Waals surface area contributed by atoms with Crippen molar-refractivity contribution in [2.75, 3.05) is 40.9 Å². The predicted octanol–water partition coefficient (Wildman–Crippen LogP) is 11.2. The standard InChI is InChI=1S/C47H86NO8P/c1-6-8-10-12-14-16-18-20-21-22-23-24-25-26-28-30-32-34-36-38-40-46(51)55-45(43-49)47(56-57(52,53)54-42-41-48(3,4)5)44(50)39-37-35-33-31-29-27-19-17-15-13-11-9-7-2/h45,47,49H,6-21,26-43H2,1-5H3/t45-,47?/m0/s1. The minimum atomic E-state index is -4.93. The molecule has 0 rings (SSSR count). The zero-order chi connectivity index (χ0) is 42.3. The second-order valence-corrected chi connectivity index (χ2v) is 18.3. The molecule has 0 aliphatic rings. The van der Waals surface area contributed by atoms with Crippen molar-refractivity contribution in [3.63, 3.8) is 0 Å². The first-order valence-corrected chi connectivity index (χ1v) is 24.6. The molecule has 0 spiro atoms. The molecule has 10 heteroatoms. The molecule has 0 aliphatic heterocycles. The largest absolute Gasteiger partial charge is 0.756 e. The Morgan fingerprint density at radius 1 is 0.614 bits per heavy atom. The van der Waals surface area contributed by atoms with Gasteiger partial charge in [-0.1, -0.05) is 173 Å². The molecular formula is C47H86NO8P. The van der Waals surface area contributed by atoms with Gasteiger partial charge in [-0.2, -0.15) is 0 Å². The van der Waals surface area contributed by atoms with E-state index in [-0.39, 0.29) is 19.4 Å². The number of phosphoric acid groups is 1. The number of aliphatic hydroxyl groups is 1. The lowest BCUT2D eigenvalue weighted by Gasteiger charge is -2.32. The fourth-order valence-electron chi connectivity index (χ4n) is 6.56. The van der Waals surface area contributed by atoms with Gasteiger partial charge in [0.05, 0.1) is 27.7 Å². The topological polar surface area (TPSA) is 122 Å². The summed E-state index contributed by atoms with van der Waals surface area (Å²) in [4.78, 5) is 38.9. The number of carbonyl (C=O) groups is 2. The van der Waals surface area contributed by atoms with Gasteiger partial charge < -0.3 is 28.3 Å². The molecule has 9 nitrogen and oxygen atoms in total. The summed E-state index contributed by atoms with van der Waals surface area (Å²) in [5, 5.41) is 10.1. The van der Waals surface area contributed by atoms with Crippen LogP contribution in [-0.4, -0.2) is 74.5 Å². The minimum absolute atomic E-state index is 0.0632. The number of Topliss-reactive ketones (excluding diaryl/α,β-unsaturated/α-hetero) is 1. The lowest BCUT2D eigenvalue weighted by atomic mass is 10.0. The molecule has 0 aromatic heterocycles. The van der Waals surface area contributed by atoms with Gasteiger partial charge in [0.1, 0.15) is 13.2 Å². The maximum Gasteiger partial charge on any atom is 0.306 e. The molecular weight excluding hydrogens is 737 g/mol. The molecule has 0 saturated carbocycles. The maximum atomic E-state index is 13.3. The van der Waals surface area contributed by atoms with Gasteiger partial charge in [0, 0.05) is 25.7 Å². The Balaban J connectivity index is 4.57. The number of quaternary nitrogens is 1. The Bertz CT molecular complexity index is 1150. The van der Waals surface area contributed by atoms with Gasteiger partial charge in [0.15, 0.2) is 18.0 Å². The Kier molecular flexibility index (Phi) is 37.3. The number of hydrogen-bond donors (Lipinski definition) is 1. The van der Waals surface area contributed by atoms with Crippen LogP contribution in [0.3, 0.4) is 0 Å². The number of carbonyl (C=O) groups excluding carboxylic acids is 2. The van der Waals surface area contributed by atoms with Crippen molar-refractivity contribution in [2.45, 2.75) is 225 Å². The van der Waals surface area contributed by atoms with Crippen LogP contribution < -0.4 is 4.89 Å². The summed E-state index contributed by atoms with van der Waals surface area (Å²) < 4.78 is 29.0. The highest BCUT2D eigenvalue weighted by Gasteiger charge is 2.35. The number of phosphoric ester groups is 1. The smallest absolute Gasteiger partial charge is 0.306 e. The van der Waals surface area contributed by atoms with Crippen molar-refractivity contribution >= 4 is 19.6 Å². The monoisotopic (exact) mass is 824 g/mol. The molecule has 0 aliphatic carbocycles. The average Bonchev–Trinajstić information content (AvgIpc) is 3.16. The van der Waals surface area contributed by atoms with Crippen LogP contribution in [0.4, 0.5) is 0 Å². The van der Waals surface area contributed by atoms with Gasteiger partial charge >= 0.3 is 5.97 Å². The third-order valence-corrected chi connectivity index (χ3v) is 11.2. The van der Waals surface area contributed by atoms with Crippen molar-refractivity contribution in [1.82, 2.24) is 0 Å². The van der Waals surface area contributed by atoms with E-state index in [4.69, 9.17) is 13.8 Å². The van der Waals surface area contributed by atoms with Crippen LogP contribution in [0.25, 0.3) is 0 Å². The molecule has 0 heterocycles. The number of rotatable bonds is 40. The van der Waals surface area contributed by atoms with E-state index in [0.717, 1.165) is 70.6 Å². The normalized spacial score (nSPS) is 13.5. The number of likely N-dealkylation sites (N-methyl/N-ethyl adjacent to an activating group) is 1. The van der Waals surface area contributed by atoms with Crippen molar-refractivity contribution in [1.29, 1.82) is 0 Å². The zero-order valence-electron chi connectivity index (χ0n) is 37.4. The predicted molar refractivity (Wildman–Crippen MR) is 233 cm³/mol. The third-order valence-electron chi connectivity index (χ3n) is 10.2. The molecule has 57 heavy (non-hydrogen) atoms. The Morgan fingerprint density at radius 3 is 1.40 bits per heavy atom. The minimum Gasteiger partial charge on any atom is -0.756 e. The highest BCUT2D eigenvalue weighted by atomic mass is 31.2. The first-order chi connectivity index (χ1) is 27.5. The van der Waals surface area contributed by atoms with E-state index < -0.39 is 38.4 Å². The van der Waals surface area contributed by atoms with Crippen LogP contribution in [0.5, 0.6) is 0 Å². The van der Waals surface area contributed by atoms with Gasteiger partial charge in [0.2, 0.25) is 0 Å². The quantitative estimate of drug-likeness (QED) is 0.0213. The summed E-state index contributed by atoms with van der Waals surface area (Å²) in [5.74, 6) is 11.2. The number of hydrogen-bond acceptors (Lipinski definition) is 8. The molecule has 0 amide bonds. The van der Waals surface area contributed by atoms with Gasteiger partial charge in [-0.15, -0.1) is 0 Å². The van der Waals surface area contributed by atoms with Gasteiger partial charge in [-0.05, 0) is 37.5 Å². The van der Waals surface area contributed by atoms with Crippen LogP contribution in [0.1, 0.15) is 213 Å². The van der Waals surface area contributed by atoms with Crippen LogP contribution in [0.15, 0.2) is 0 Å². The molecule has 1 N–H and O–H groups in total. The molecule has 0 bridgehead atoms. The van der Waals surface area contributed by atoms with E-state index >= 15 is 0 Å². The SMILES string of the molecule is CCCCCCCCCCC#CC#CCCCCCCCCC(=O)O[C@@H](CO)C(OP(=O)([O-])OCC[N+](C)(C)C)C(=O)CCCCCCCCCCCCCCC. The molecule has 332 valence electrons. The number of nitrogens with zero attached hydrogens (tertiary/aromatic N) is 1. The first-order valence-electron chi connectivity index (χ1n) is 23.2. The lowest BCUT2D eigenvalue weighted by molar-refractivity contribution is -0.870. The van der Waals surface area contributed by atoms with E-state index in [1.807, 2.05) is 21.1 Å². The second-order valence-electron chi connectivity index (χ2n) is 16.9. The molecule has 2 unspecified atom stereocenters. The molecule has 0 fully saturated rings. The van der Waals surface area contributed by atoms with E-state index in [2.05, 4.69) is 37.5 Å². The number of ether oxygens (including phenoxy) is 1. The Hall–Kier alpha value is -1.71. The van der Waals surface area contributed by atoms with Crippen LogP contribution >= 0.6 is 7.82 Å². The highest BCUT2D eigenvalue weighted by Crippen LogP contribution is 2.41. The van der Waals surface area contributed by atoms with Crippen molar-refractivity contribution in [3.8, 4) is 23.7 Å². The highest BCUT2D eigenvalue weighted by molar-refractivity contribution is 7.45. The molecule has 3 atom stereocenters. The number of ketones is 1. The van der Waals surface area contributed by atoms with Crippen LogP contribution in [-0.2, 0) is 27.9 Å². The zero-order valence-corrected chi connectivity index (χ0v) is 38.3. The van der Waals surface area contributed by atoms with Crippen LogP contribution in [0.2, 0.25) is 0 Å². The summed E-state index contributed by atoms with van der Waals surface area (Å²) in [7, 11) is 0.769. The van der Waals surface area contributed by atoms with Gasteiger partial charge in [-0.25, -0.2) is 0 Å². The molecule has 0 aromatic rings. The van der Waals surface area contributed by atoms with Crippen molar-refractivity contribution in [2.24, 2.45) is 0 Å². The average molecular weight is 824 g/mol. The second kappa shape index (κ2) is 38.5. The number of aliphatic hydroxyl groups excluding tert-OH is 1. The molecule has 0 radical (unpaired) electrons. The maximum absolute atomic E-state index is 13.3. The van der Waals surface area contributed by atoms with Crippen LogP contribution in [0, 0.1) is 23.7 Å². The van der Waals surface area contributed by atoms with E-state index in [1.54, 1.807) is 0 Å². The fraction of sp³-hybridized carbons (Fsp3) is 0.872.